The third-order valence-corrected chi connectivity index (χ3v) is 6.12. The number of rotatable bonds is 13. The summed E-state index contributed by atoms with van der Waals surface area (Å²) in [4.78, 5) is 21.1. The van der Waals surface area contributed by atoms with Crippen LogP contribution in [0, 0.1) is 0 Å². The maximum Gasteiger partial charge on any atom is 0.251 e. The number of nitrogens with zero attached hydrogens (tertiary/aromatic N) is 3. The van der Waals surface area contributed by atoms with Crippen LogP contribution in [0.25, 0.3) is 17.1 Å². The molecule has 0 bridgehead atoms. The zero-order valence-corrected chi connectivity index (χ0v) is 21.5. The van der Waals surface area contributed by atoms with Crippen molar-refractivity contribution >= 4 is 23.0 Å². The highest BCUT2D eigenvalue weighted by Gasteiger charge is 2.11. The van der Waals surface area contributed by atoms with Crippen molar-refractivity contribution in [1.29, 1.82) is 0 Å². The molecule has 0 aliphatic carbocycles. The van der Waals surface area contributed by atoms with Gasteiger partial charge in [-0.3, -0.25) is 9.78 Å². The summed E-state index contributed by atoms with van der Waals surface area (Å²) in [5, 5.41) is 2.98. The molecule has 1 amide bonds. The molecule has 2 heterocycles. The summed E-state index contributed by atoms with van der Waals surface area (Å²) in [7, 11) is 1.66. The van der Waals surface area contributed by atoms with Gasteiger partial charge in [0.15, 0.2) is 11.5 Å². The van der Waals surface area contributed by atoms with Crippen molar-refractivity contribution in [2.75, 3.05) is 20.3 Å². The van der Waals surface area contributed by atoms with E-state index in [1.165, 1.54) is 0 Å². The molecule has 7 heteroatoms. The van der Waals surface area contributed by atoms with Gasteiger partial charge in [0.1, 0.15) is 5.82 Å². The molecule has 4 aromatic rings. The average Bonchev–Trinajstić information content (AvgIpc) is 3.29. The van der Waals surface area contributed by atoms with Crippen LogP contribution in [0.3, 0.4) is 0 Å². The van der Waals surface area contributed by atoms with E-state index in [4.69, 9.17) is 14.5 Å². The number of para-hydroxylation sites is 2. The van der Waals surface area contributed by atoms with Crippen molar-refractivity contribution in [3.8, 4) is 11.5 Å². The Hall–Kier alpha value is -4.13. The molecule has 0 radical (unpaired) electrons. The fraction of sp³-hybridized carbons (Fsp3) is 0.300. The minimum atomic E-state index is -0.0796. The Morgan fingerprint density at radius 3 is 2.68 bits per heavy atom. The molecule has 4 rings (SSSR count). The van der Waals surface area contributed by atoms with E-state index >= 15 is 0 Å². The highest BCUT2D eigenvalue weighted by molar-refractivity contribution is 5.93. The monoisotopic (exact) mass is 498 g/mol. The molecular formula is C30H34N4O3. The number of pyridine rings is 1. The van der Waals surface area contributed by atoms with Crippen LogP contribution in [0.1, 0.15) is 47.9 Å². The van der Waals surface area contributed by atoms with Crippen molar-refractivity contribution in [3.63, 3.8) is 0 Å². The Morgan fingerprint density at radius 1 is 1.03 bits per heavy atom. The Labute approximate surface area is 218 Å². The number of carbonyl (C=O) groups is 1. The molecule has 37 heavy (non-hydrogen) atoms. The van der Waals surface area contributed by atoms with Gasteiger partial charge in [0.2, 0.25) is 0 Å². The van der Waals surface area contributed by atoms with Gasteiger partial charge < -0.3 is 19.4 Å². The number of fused-ring (bicyclic) bond motifs is 1. The van der Waals surface area contributed by atoms with Crippen molar-refractivity contribution in [1.82, 2.24) is 19.9 Å². The molecule has 1 N–H and O–H groups in total. The zero-order chi connectivity index (χ0) is 25.9. The van der Waals surface area contributed by atoms with Gasteiger partial charge in [-0.15, -0.1) is 0 Å². The standard InChI is InChI=1S/C30H34N4O3/c1-3-9-23-13-14-27(28(22-23)36-2)37-21-7-6-20-34-26-11-5-4-10-25(26)33-29(34)12-8-17-32-30(35)24-15-18-31-19-16-24/h3-5,9-11,13-16,18-19,22H,6-8,12,17,20-21H2,1-2H3,(H,32,35)/b9-3+. The number of hydrogen-bond acceptors (Lipinski definition) is 5. The highest BCUT2D eigenvalue weighted by atomic mass is 16.5. The first-order chi connectivity index (χ1) is 18.2. The normalized spacial score (nSPS) is 11.2. The SMILES string of the molecule is C/C=C/c1ccc(OCCCCn2c(CCCNC(=O)c3ccncc3)nc3ccccc32)c(OC)c1. The summed E-state index contributed by atoms with van der Waals surface area (Å²) in [5.74, 6) is 2.47. The summed E-state index contributed by atoms with van der Waals surface area (Å²) >= 11 is 0. The van der Waals surface area contributed by atoms with Crippen LogP contribution in [0.5, 0.6) is 11.5 Å². The first-order valence-electron chi connectivity index (χ1n) is 12.8. The van der Waals surface area contributed by atoms with Gasteiger partial charge in [-0.1, -0.05) is 30.4 Å². The summed E-state index contributed by atoms with van der Waals surface area (Å²) in [6, 6.07) is 17.6. The number of unbranched alkanes of at least 4 members (excludes halogenated alkanes) is 1. The molecule has 0 spiro atoms. The Morgan fingerprint density at radius 2 is 1.86 bits per heavy atom. The number of methoxy groups -OCH3 is 1. The molecule has 0 saturated heterocycles. The Balaban J connectivity index is 1.29. The van der Waals surface area contributed by atoms with Gasteiger partial charge >= 0.3 is 0 Å². The smallest absolute Gasteiger partial charge is 0.251 e. The van der Waals surface area contributed by atoms with E-state index in [1.807, 2.05) is 55.5 Å². The van der Waals surface area contributed by atoms with E-state index in [2.05, 4.69) is 20.9 Å². The lowest BCUT2D eigenvalue weighted by Crippen LogP contribution is -2.25. The second-order valence-electron chi connectivity index (χ2n) is 8.73. The maximum absolute atomic E-state index is 12.3. The molecule has 0 aliphatic heterocycles. The fourth-order valence-electron chi connectivity index (χ4n) is 4.27. The fourth-order valence-corrected chi connectivity index (χ4v) is 4.27. The number of aromatic nitrogens is 3. The lowest BCUT2D eigenvalue weighted by Gasteiger charge is -2.12. The number of nitrogens with one attached hydrogen (secondary N) is 1. The molecule has 0 saturated carbocycles. The van der Waals surface area contributed by atoms with Crippen molar-refractivity contribution in [2.45, 2.75) is 39.2 Å². The second-order valence-corrected chi connectivity index (χ2v) is 8.73. The Bertz CT molecular complexity index is 1330. The van der Waals surface area contributed by atoms with Crippen LogP contribution in [0.4, 0.5) is 0 Å². The van der Waals surface area contributed by atoms with Crippen LogP contribution in [-0.4, -0.2) is 40.7 Å². The first-order valence-corrected chi connectivity index (χ1v) is 12.8. The van der Waals surface area contributed by atoms with Crippen LogP contribution >= 0.6 is 0 Å². The molecule has 7 nitrogen and oxygen atoms in total. The van der Waals surface area contributed by atoms with Crippen molar-refractivity contribution in [2.24, 2.45) is 0 Å². The predicted octanol–water partition coefficient (Wildman–Crippen LogP) is 5.69. The number of hydrogen-bond donors (Lipinski definition) is 1. The van der Waals surface area contributed by atoms with E-state index in [9.17, 15) is 4.79 Å². The van der Waals surface area contributed by atoms with Crippen LogP contribution in [-0.2, 0) is 13.0 Å². The summed E-state index contributed by atoms with van der Waals surface area (Å²) in [6.45, 7) is 4.06. The highest BCUT2D eigenvalue weighted by Crippen LogP contribution is 2.29. The summed E-state index contributed by atoms with van der Waals surface area (Å²) < 4.78 is 13.8. The minimum Gasteiger partial charge on any atom is -0.493 e. The minimum absolute atomic E-state index is 0.0796. The van der Waals surface area contributed by atoms with E-state index in [0.29, 0.717) is 18.7 Å². The number of carbonyl (C=O) groups excluding carboxylic acids is 1. The molecule has 2 aromatic heterocycles. The lowest BCUT2D eigenvalue weighted by molar-refractivity contribution is 0.0953. The number of benzene rings is 2. The largest absolute Gasteiger partial charge is 0.493 e. The van der Waals surface area contributed by atoms with E-state index in [1.54, 1.807) is 31.6 Å². The van der Waals surface area contributed by atoms with E-state index in [0.717, 1.165) is 66.1 Å². The predicted molar refractivity (Wildman–Crippen MR) is 147 cm³/mol. The lowest BCUT2D eigenvalue weighted by atomic mass is 10.2. The number of aryl methyl sites for hydroxylation is 2. The third kappa shape index (κ3) is 6.97. The van der Waals surface area contributed by atoms with Crippen LogP contribution in [0.2, 0.25) is 0 Å². The third-order valence-electron chi connectivity index (χ3n) is 6.12. The van der Waals surface area contributed by atoms with Gasteiger partial charge in [0.25, 0.3) is 5.91 Å². The van der Waals surface area contributed by atoms with Crippen molar-refractivity contribution in [3.05, 3.63) is 90.0 Å². The quantitative estimate of drug-likeness (QED) is 0.240. The van der Waals surface area contributed by atoms with Crippen molar-refractivity contribution < 1.29 is 14.3 Å². The van der Waals surface area contributed by atoms with Crippen LogP contribution < -0.4 is 14.8 Å². The van der Waals surface area contributed by atoms with Gasteiger partial charge in [-0.2, -0.15) is 0 Å². The summed E-state index contributed by atoms with van der Waals surface area (Å²) in [6.07, 6.45) is 10.8. The number of imidazole rings is 1. The van der Waals surface area contributed by atoms with E-state index in [-0.39, 0.29) is 5.91 Å². The molecular weight excluding hydrogens is 464 g/mol. The first kappa shape index (κ1) is 25.9. The van der Waals surface area contributed by atoms with Gasteiger partial charge in [-0.05, 0) is 68.1 Å². The van der Waals surface area contributed by atoms with Gasteiger partial charge in [-0.25, -0.2) is 4.98 Å². The van der Waals surface area contributed by atoms with Gasteiger partial charge in [0, 0.05) is 37.5 Å². The number of ether oxygens (including phenoxy) is 2. The molecule has 0 unspecified atom stereocenters. The van der Waals surface area contributed by atoms with Crippen LogP contribution in [0.15, 0.2) is 73.1 Å². The van der Waals surface area contributed by atoms with Gasteiger partial charge in [0.05, 0.1) is 24.8 Å². The topological polar surface area (TPSA) is 78.3 Å². The molecule has 2 aromatic carbocycles. The molecule has 0 atom stereocenters. The van der Waals surface area contributed by atoms with E-state index < -0.39 is 0 Å². The molecule has 0 aliphatic rings. The number of allylic oxidation sites excluding steroid dienone is 1. The Kier molecular flexibility index (Phi) is 9.29. The second kappa shape index (κ2) is 13.3. The average molecular weight is 499 g/mol. The zero-order valence-electron chi connectivity index (χ0n) is 21.5. The molecule has 0 fully saturated rings. The maximum atomic E-state index is 12.3. The number of amides is 1. The molecule has 192 valence electrons. The summed E-state index contributed by atoms with van der Waals surface area (Å²) in [5.41, 5.74) is 3.85.